The average molecular weight is 364 g/mol. The molecule has 2 N–H and O–H groups in total. The van der Waals surface area contributed by atoms with Crippen molar-refractivity contribution < 1.29 is 28.5 Å². The summed E-state index contributed by atoms with van der Waals surface area (Å²) in [7, 11) is 0. The molecule has 150 valence electrons. The van der Waals surface area contributed by atoms with Crippen LogP contribution in [-0.2, 0) is 23.7 Å². The van der Waals surface area contributed by atoms with Crippen molar-refractivity contribution >= 4 is 6.03 Å². The Bertz CT molecular complexity index is 282. The van der Waals surface area contributed by atoms with Gasteiger partial charge in [0.05, 0.1) is 59.5 Å². The molecule has 0 aromatic heterocycles. The minimum Gasteiger partial charge on any atom is -0.379 e. The first kappa shape index (κ1) is 24.1. The monoisotopic (exact) mass is 364 g/mol. The van der Waals surface area contributed by atoms with Gasteiger partial charge in [0.15, 0.2) is 0 Å². The molecule has 0 spiro atoms. The van der Waals surface area contributed by atoms with Crippen molar-refractivity contribution in [3.05, 3.63) is 0 Å². The van der Waals surface area contributed by atoms with E-state index in [9.17, 15) is 4.79 Å². The first-order valence-electron chi connectivity index (χ1n) is 9.21. The summed E-state index contributed by atoms with van der Waals surface area (Å²) in [6.07, 6.45) is 2.06. The zero-order valence-corrected chi connectivity index (χ0v) is 15.8. The molecular formula is C17H36N2O6. The highest BCUT2D eigenvalue weighted by atomic mass is 16.6. The van der Waals surface area contributed by atoms with Gasteiger partial charge in [-0.05, 0) is 13.3 Å². The quantitative estimate of drug-likeness (QED) is 0.335. The summed E-state index contributed by atoms with van der Waals surface area (Å²) in [4.78, 5) is 11.3. The second-order valence-corrected chi connectivity index (χ2v) is 5.18. The van der Waals surface area contributed by atoms with E-state index in [1.807, 2.05) is 6.92 Å². The van der Waals surface area contributed by atoms with E-state index in [-0.39, 0.29) is 6.03 Å². The van der Waals surface area contributed by atoms with Crippen LogP contribution in [0.25, 0.3) is 0 Å². The molecule has 2 amide bonds. The van der Waals surface area contributed by atoms with Gasteiger partial charge in [-0.15, -0.1) is 0 Å². The van der Waals surface area contributed by atoms with Crippen LogP contribution >= 0.6 is 0 Å². The maximum absolute atomic E-state index is 11.3. The van der Waals surface area contributed by atoms with Crippen molar-refractivity contribution in [2.75, 3.05) is 79.2 Å². The molecule has 0 rings (SSSR count). The van der Waals surface area contributed by atoms with E-state index in [1.165, 1.54) is 0 Å². The number of urea groups is 1. The van der Waals surface area contributed by atoms with Crippen LogP contribution in [0.1, 0.15) is 26.7 Å². The van der Waals surface area contributed by atoms with Crippen LogP contribution in [0.15, 0.2) is 0 Å². The first-order valence-corrected chi connectivity index (χ1v) is 9.21. The number of rotatable bonds is 19. The molecule has 8 nitrogen and oxygen atoms in total. The van der Waals surface area contributed by atoms with Gasteiger partial charge in [-0.1, -0.05) is 13.3 Å². The molecule has 0 saturated carbocycles. The standard InChI is InChI=1S/C17H36N2O6/c1-3-5-6-18-17(20)19-7-8-22-11-12-24-15-16-25-14-13-23-10-9-21-4-2/h3-16H2,1-2H3,(H2,18,19,20). The molecular weight excluding hydrogens is 328 g/mol. The summed E-state index contributed by atoms with van der Waals surface area (Å²) >= 11 is 0. The van der Waals surface area contributed by atoms with Gasteiger partial charge in [0.2, 0.25) is 0 Å². The largest absolute Gasteiger partial charge is 0.379 e. The van der Waals surface area contributed by atoms with Gasteiger partial charge in [-0.25, -0.2) is 4.79 Å². The zero-order chi connectivity index (χ0) is 18.4. The third kappa shape index (κ3) is 21.0. The van der Waals surface area contributed by atoms with Crippen molar-refractivity contribution in [2.24, 2.45) is 0 Å². The first-order chi connectivity index (χ1) is 12.3. The van der Waals surface area contributed by atoms with Crippen LogP contribution in [0.5, 0.6) is 0 Å². The lowest BCUT2D eigenvalue weighted by atomic mass is 10.3. The Morgan fingerprint density at radius 3 is 1.56 bits per heavy atom. The molecule has 25 heavy (non-hydrogen) atoms. The number of carbonyl (C=O) groups is 1. The second-order valence-electron chi connectivity index (χ2n) is 5.18. The number of ether oxygens (including phenoxy) is 5. The fourth-order valence-electron chi connectivity index (χ4n) is 1.70. The summed E-state index contributed by atoms with van der Waals surface area (Å²) in [6, 6.07) is -0.146. The van der Waals surface area contributed by atoms with Crippen LogP contribution in [0.4, 0.5) is 4.79 Å². The predicted octanol–water partition coefficient (Wildman–Crippen LogP) is 1.19. The lowest BCUT2D eigenvalue weighted by Gasteiger charge is -2.09. The fraction of sp³-hybridized carbons (Fsp3) is 0.941. The van der Waals surface area contributed by atoms with Gasteiger partial charge in [0.25, 0.3) is 0 Å². The van der Waals surface area contributed by atoms with Gasteiger partial charge >= 0.3 is 6.03 Å². The number of nitrogens with one attached hydrogen (secondary N) is 2. The lowest BCUT2D eigenvalue weighted by Crippen LogP contribution is -2.37. The van der Waals surface area contributed by atoms with E-state index in [4.69, 9.17) is 23.7 Å². The highest BCUT2D eigenvalue weighted by molar-refractivity contribution is 5.73. The van der Waals surface area contributed by atoms with E-state index in [2.05, 4.69) is 17.6 Å². The van der Waals surface area contributed by atoms with Gasteiger partial charge < -0.3 is 34.3 Å². The minimum absolute atomic E-state index is 0.146. The molecule has 0 atom stereocenters. The molecule has 0 bridgehead atoms. The highest BCUT2D eigenvalue weighted by Gasteiger charge is 1.98. The molecule has 0 saturated heterocycles. The number of hydrogen-bond donors (Lipinski definition) is 2. The van der Waals surface area contributed by atoms with E-state index in [1.54, 1.807) is 0 Å². The molecule has 0 aliphatic heterocycles. The lowest BCUT2D eigenvalue weighted by molar-refractivity contribution is -0.00986. The zero-order valence-electron chi connectivity index (χ0n) is 15.8. The molecule has 0 fully saturated rings. The van der Waals surface area contributed by atoms with Gasteiger partial charge in [0.1, 0.15) is 0 Å². The topological polar surface area (TPSA) is 87.3 Å². The predicted molar refractivity (Wildman–Crippen MR) is 96.1 cm³/mol. The van der Waals surface area contributed by atoms with E-state index in [0.717, 1.165) is 12.8 Å². The Balaban J connectivity index is 3.06. The second kappa shape index (κ2) is 21.1. The Morgan fingerprint density at radius 2 is 1.08 bits per heavy atom. The summed E-state index contributed by atoms with van der Waals surface area (Å²) in [6.45, 7) is 10.8. The molecule has 0 aliphatic rings. The van der Waals surface area contributed by atoms with Crippen molar-refractivity contribution in [3.63, 3.8) is 0 Å². The minimum atomic E-state index is -0.146. The van der Waals surface area contributed by atoms with E-state index >= 15 is 0 Å². The molecule has 8 heteroatoms. The third-order valence-corrected chi connectivity index (χ3v) is 3.04. The van der Waals surface area contributed by atoms with Gasteiger partial charge in [-0.2, -0.15) is 0 Å². The van der Waals surface area contributed by atoms with Crippen molar-refractivity contribution in [3.8, 4) is 0 Å². The van der Waals surface area contributed by atoms with E-state index in [0.29, 0.717) is 79.2 Å². The molecule has 0 aromatic carbocycles. The maximum Gasteiger partial charge on any atom is 0.314 e. The van der Waals surface area contributed by atoms with Crippen molar-refractivity contribution in [2.45, 2.75) is 26.7 Å². The fourth-order valence-corrected chi connectivity index (χ4v) is 1.70. The van der Waals surface area contributed by atoms with Crippen LogP contribution in [0.2, 0.25) is 0 Å². The Kier molecular flexibility index (Phi) is 20.3. The van der Waals surface area contributed by atoms with Crippen LogP contribution in [-0.4, -0.2) is 85.2 Å². The van der Waals surface area contributed by atoms with Crippen molar-refractivity contribution in [1.82, 2.24) is 10.6 Å². The SMILES string of the molecule is CCCCNC(=O)NCCOCCOCCOCCOCCOCC. The molecule has 0 radical (unpaired) electrons. The summed E-state index contributed by atoms with van der Waals surface area (Å²) in [5.41, 5.74) is 0. The van der Waals surface area contributed by atoms with Crippen LogP contribution in [0, 0.1) is 0 Å². The van der Waals surface area contributed by atoms with Crippen molar-refractivity contribution in [1.29, 1.82) is 0 Å². The summed E-state index contributed by atoms with van der Waals surface area (Å²) in [5, 5.41) is 5.51. The Hall–Kier alpha value is -0.930. The maximum atomic E-state index is 11.3. The Morgan fingerprint density at radius 1 is 0.640 bits per heavy atom. The normalized spacial score (nSPS) is 10.8. The average Bonchev–Trinajstić information content (AvgIpc) is 2.61. The summed E-state index contributed by atoms with van der Waals surface area (Å²) < 4.78 is 26.6. The van der Waals surface area contributed by atoms with Gasteiger partial charge in [-0.3, -0.25) is 0 Å². The number of hydrogen-bond acceptors (Lipinski definition) is 6. The molecule has 0 aliphatic carbocycles. The molecule has 0 aromatic rings. The third-order valence-electron chi connectivity index (χ3n) is 3.04. The Labute approximate surface area is 151 Å². The van der Waals surface area contributed by atoms with E-state index < -0.39 is 0 Å². The number of carbonyl (C=O) groups excluding carboxylic acids is 1. The van der Waals surface area contributed by atoms with Gasteiger partial charge in [0, 0.05) is 19.7 Å². The van der Waals surface area contributed by atoms with Crippen LogP contribution < -0.4 is 10.6 Å². The molecule has 0 heterocycles. The number of unbranched alkanes of at least 4 members (excludes halogenated alkanes) is 1. The smallest absolute Gasteiger partial charge is 0.314 e. The molecule has 0 unspecified atom stereocenters. The summed E-state index contributed by atoms with van der Waals surface area (Å²) in [5.74, 6) is 0. The van der Waals surface area contributed by atoms with Crippen LogP contribution in [0.3, 0.4) is 0 Å². The number of amides is 2. The highest BCUT2D eigenvalue weighted by Crippen LogP contribution is 1.84.